The summed E-state index contributed by atoms with van der Waals surface area (Å²) in [5.41, 5.74) is 4.45. The number of carbonyl (C=O) groups is 2. The molecule has 0 radical (unpaired) electrons. The first-order valence-corrected chi connectivity index (χ1v) is 9.26. The van der Waals surface area contributed by atoms with E-state index in [1.54, 1.807) is 12.4 Å². The third-order valence-electron chi connectivity index (χ3n) is 4.91. The Morgan fingerprint density at radius 1 is 1.33 bits per heavy atom. The van der Waals surface area contributed by atoms with Crippen LogP contribution in [-0.2, 0) is 22.7 Å². The van der Waals surface area contributed by atoms with Crippen molar-refractivity contribution in [2.24, 2.45) is 0 Å². The van der Waals surface area contributed by atoms with Crippen LogP contribution >= 0.6 is 0 Å². The quantitative estimate of drug-likeness (QED) is 0.816. The van der Waals surface area contributed by atoms with Crippen molar-refractivity contribution in [3.05, 3.63) is 65.0 Å². The van der Waals surface area contributed by atoms with Gasteiger partial charge in [0.1, 0.15) is 0 Å². The third-order valence-corrected chi connectivity index (χ3v) is 4.91. The Bertz CT molecular complexity index is 807. The zero-order chi connectivity index (χ0) is 19.2. The lowest BCUT2D eigenvalue weighted by molar-refractivity contribution is -0.134. The number of benzene rings is 1. The van der Waals surface area contributed by atoms with Gasteiger partial charge in [-0.15, -0.1) is 0 Å². The van der Waals surface area contributed by atoms with Gasteiger partial charge in [-0.05, 0) is 36.6 Å². The van der Waals surface area contributed by atoms with E-state index in [9.17, 15) is 9.59 Å². The normalized spacial score (nSPS) is 17.4. The number of hydrogen-bond donors (Lipinski definition) is 2. The van der Waals surface area contributed by atoms with E-state index >= 15 is 0 Å². The van der Waals surface area contributed by atoms with Crippen molar-refractivity contribution < 1.29 is 9.59 Å². The number of rotatable bonds is 6. The Hall–Kier alpha value is -2.73. The highest BCUT2D eigenvalue weighted by Crippen LogP contribution is 2.14. The van der Waals surface area contributed by atoms with Crippen molar-refractivity contribution in [1.82, 2.24) is 20.5 Å². The van der Waals surface area contributed by atoms with Gasteiger partial charge in [-0.25, -0.2) is 0 Å². The van der Waals surface area contributed by atoms with Gasteiger partial charge in [0.25, 0.3) is 0 Å². The number of carbonyl (C=O) groups excluding carboxylic acids is 2. The highest BCUT2D eigenvalue weighted by atomic mass is 16.2. The van der Waals surface area contributed by atoms with Gasteiger partial charge in [0.05, 0.1) is 12.5 Å². The molecule has 0 unspecified atom stereocenters. The number of aromatic nitrogens is 1. The second-order valence-corrected chi connectivity index (χ2v) is 7.05. The molecule has 0 bridgehead atoms. The number of nitrogens with one attached hydrogen (secondary N) is 2. The summed E-state index contributed by atoms with van der Waals surface area (Å²) in [6, 6.07) is 9.60. The van der Waals surface area contributed by atoms with E-state index in [0.29, 0.717) is 19.6 Å². The van der Waals surface area contributed by atoms with Crippen LogP contribution in [0.5, 0.6) is 0 Å². The zero-order valence-corrected chi connectivity index (χ0v) is 15.9. The van der Waals surface area contributed by atoms with Gasteiger partial charge < -0.3 is 10.6 Å². The summed E-state index contributed by atoms with van der Waals surface area (Å²) in [5.74, 6) is -0.207. The molecule has 0 spiro atoms. The average Bonchev–Trinajstić information content (AvgIpc) is 2.66. The first-order valence-electron chi connectivity index (χ1n) is 9.26. The van der Waals surface area contributed by atoms with Crippen molar-refractivity contribution in [2.75, 3.05) is 13.1 Å². The van der Waals surface area contributed by atoms with Crippen LogP contribution in [0.15, 0.2) is 42.7 Å². The molecule has 1 aliphatic heterocycles. The molecular weight excluding hydrogens is 340 g/mol. The second kappa shape index (κ2) is 8.77. The molecule has 1 aliphatic rings. The first kappa shape index (κ1) is 19.0. The first-order chi connectivity index (χ1) is 13.0. The van der Waals surface area contributed by atoms with Crippen molar-refractivity contribution >= 4 is 11.8 Å². The van der Waals surface area contributed by atoms with Crippen LogP contribution in [-0.4, -0.2) is 40.8 Å². The standard InChI is InChI=1S/C21H26N4O2/c1-15-5-6-16(2)18(10-15)13-24-20(26)11-19-21(27)23-8-9-25(19)14-17-4-3-7-22-12-17/h3-7,10,12,19H,8-9,11,13-14H2,1-2H3,(H,23,27)(H,24,26)/t19-/m0/s1. The van der Waals surface area contributed by atoms with E-state index < -0.39 is 6.04 Å². The lowest BCUT2D eigenvalue weighted by atomic mass is 10.0. The van der Waals surface area contributed by atoms with Crippen LogP contribution in [0.3, 0.4) is 0 Å². The fourth-order valence-electron chi connectivity index (χ4n) is 3.33. The van der Waals surface area contributed by atoms with Crippen LogP contribution < -0.4 is 10.6 Å². The predicted octanol–water partition coefficient (Wildman–Crippen LogP) is 1.71. The molecule has 3 rings (SSSR count). The van der Waals surface area contributed by atoms with Gasteiger partial charge in [0.15, 0.2) is 0 Å². The van der Waals surface area contributed by atoms with Crippen LogP contribution in [0.25, 0.3) is 0 Å². The summed E-state index contributed by atoms with van der Waals surface area (Å²) < 4.78 is 0. The lowest BCUT2D eigenvalue weighted by Crippen LogP contribution is -2.56. The predicted molar refractivity (Wildman–Crippen MR) is 104 cm³/mol. The summed E-state index contributed by atoms with van der Waals surface area (Å²) >= 11 is 0. The number of pyridine rings is 1. The summed E-state index contributed by atoms with van der Waals surface area (Å²) in [6.45, 7) is 6.47. The topological polar surface area (TPSA) is 74.3 Å². The molecule has 2 N–H and O–H groups in total. The number of amides is 2. The average molecular weight is 366 g/mol. The summed E-state index contributed by atoms with van der Waals surface area (Å²) in [7, 11) is 0. The minimum atomic E-state index is -0.461. The molecule has 6 heteroatoms. The molecule has 2 amide bonds. The minimum Gasteiger partial charge on any atom is -0.353 e. The van der Waals surface area contributed by atoms with Crippen molar-refractivity contribution in [3.63, 3.8) is 0 Å². The summed E-state index contributed by atoms with van der Waals surface area (Å²) in [5, 5.41) is 5.83. The van der Waals surface area contributed by atoms with E-state index in [-0.39, 0.29) is 18.2 Å². The minimum absolute atomic E-state index is 0.0907. The molecule has 1 aromatic heterocycles. The Morgan fingerprint density at radius 2 is 2.19 bits per heavy atom. The number of piperazine rings is 1. The SMILES string of the molecule is Cc1ccc(C)c(CNC(=O)C[C@H]2C(=O)NCCN2Cc2cccnc2)c1. The van der Waals surface area contributed by atoms with Crippen LogP contribution in [0.1, 0.15) is 28.7 Å². The van der Waals surface area contributed by atoms with E-state index in [2.05, 4.69) is 33.8 Å². The van der Waals surface area contributed by atoms with E-state index in [4.69, 9.17) is 0 Å². The smallest absolute Gasteiger partial charge is 0.237 e. The van der Waals surface area contributed by atoms with Gasteiger partial charge >= 0.3 is 0 Å². The number of aryl methyl sites for hydroxylation is 2. The summed E-state index contributed by atoms with van der Waals surface area (Å²) in [6.07, 6.45) is 3.67. The van der Waals surface area contributed by atoms with Gasteiger partial charge in [0.2, 0.25) is 11.8 Å². The molecule has 142 valence electrons. The highest BCUT2D eigenvalue weighted by Gasteiger charge is 2.31. The molecule has 27 heavy (non-hydrogen) atoms. The third kappa shape index (κ3) is 5.14. The van der Waals surface area contributed by atoms with Gasteiger partial charge in [-0.1, -0.05) is 29.8 Å². The maximum atomic E-state index is 12.5. The van der Waals surface area contributed by atoms with Crippen molar-refractivity contribution in [1.29, 1.82) is 0 Å². The fraction of sp³-hybridized carbons (Fsp3) is 0.381. The molecule has 0 saturated carbocycles. The van der Waals surface area contributed by atoms with Crippen LogP contribution in [0, 0.1) is 13.8 Å². The van der Waals surface area contributed by atoms with Gasteiger partial charge in [-0.2, -0.15) is 0 Å². The number of hydrogen-bond acceptors (Lipinski definition) is 4. The van der Waals surface area contributed by atoms with Gasteiger partial charge in [-0.3, -0.25) is 19.5 Å². The Kier molecular flexibility index (Phi) is 6.19. The maximum Gasteiger partial charge on any atom is 0.237 e. The molecule has 2 aromatic rings. The Balaban J connectivity index is 1.61. The molecular formula is C21H26N4O2. The molecule has 1 fully saturated rings. The Labute approximate surface area is 160 Å². The van der Waals surface area contributed by atoms with E-state index in [1.165, 1.54) is 5.56 Å². The molecule has 0 aliphatic carbocycles. The second-order valence-electron chi connectivity index (χ2n) is 7.05. The zero-order valence-electron chi connectivity index (χ0n) is 15.9. The van der Waals surface area contributed by atoms with Crippen molar-refractivity contribution in [3.8, 4) is 0 Å². The fourth-order valence-corrected chi connectivity index (χ4v) is 3.33. The summed E-state index contributed by atoms with van der Waals surface area (Å²) in [4.78, 5) is 31.0. The van der Waals surface area contributed by atoms with E-state index in [1.807, 2.05) is 30.9 Å². The highest BCUT2D eigenvalue weighted by molar-refractivity contribution is 5.88. The van der Waals surface area contributed by atoms with E-state index in [0.717, 1.165) is 23.2 Å². The van der Waals surface area contributed by atoms with Crippen molar-refractivity contribution in [2.45, 2.75) is 39.4 Å². The van der Waals surface area contributed by atoms with Gasteiger partial charge in [0, 0.05) is 38.6 Å². The molecule has 1 atom stereocenters. The molecule has 2 heterocycles. The van der Waals surface area contributed by atoms with Crippen LogP contribution in [0.2, 0.25) is 0 Å². The largest absolute Gasteiger partial charge is 0.353 e. The Morgan fingerprint density at radius 3 is 2.96 bits per heavy atom. The van der Waals surface area contributed by atoms with Crippen LogP contribution in [0.4, 0.5) is 0 Å². The maximum absolute atomic E-state index is 12.5. The molecule has 1 saturated heterocycles. The lowest BCUT2D eigenvalue weighted by Gasteiger charge is -2.34. The number of nitrogens with zero attached hydrogens (tertiary/aromatic N) is 2. The monoisotopic (exact) mass is 366 g/mol. The molecule has 1 aromatic carbocycles. The molecule has 6 nitrogen and oxygen atoms in total.